The summed E-state index contributed by atoms with van der Waals surface area (Å²) in [4.78, 5) is 26.0. The molecule has 2 rings (SSSR count). The molecule has 2 aromatic rings. The van der Waals surface area contributed by atoms with E-state index in [2.05, 4.69) is 10.3 Å². The number of halogens is 2. The lowest BCUT2D eigenvalue weighted by molar-refractivity contribution is -0.383. The second kappa shape index (κ2) is 5.85. The highest BCUT2D eigenvalue weighted by molar-refractivity contribution is 6.31. The Morgan fingerprint density at radius 2 is 2.00 bits per heavy atom. The van der Waals surface area contributed by atoms with Crippen LogP contribution in [0.4, 0.5) is 11.4 Å². The lowest BCUT2D eigenvalue weighted by atomic mass is 10.2. The van der Waals surface area contributed by atoms with Crippen molar-refractivity contribution in [2.24, 2.45) is 0 Å². The van der Waals surface area contributed by atoms with E-state index in [-0.39, 0.29) is 27.1 Å². The topological polar surface area (TPSA) is 85.1 Å². The number of rotatable bonds is 3. The van der Waals surface area contributed by atoms with Gasteiger partial charge in [-0.2, -0.15) is 0 Å². The van der Waals surface area contributed by atoms with Gasteiger partial charge in [0.15, 0.2) is 0 Å². The summed E-state index contributed by atoms with van der Waals surface area (Å²) in [5.41, 5.74) is 0.00242. The van der Waals surface area contributed by atoms with Gasteiger partial charge in [0, 0.05) is 22.8 Å². The van der Waals surface area contributed by atoms with Crippen LogP contribution in [0.5, 0.6) is 0 Å². The predicted octanol–water partition coefficient (Wildman–Crippen LogP) is 3.55. The number of nitrogens with zero attached hydrogens (tertiary/aromatic N) is 2. The molecule has 6 nitrogen and oxygen atoms in total. The van der Waals surface area contributed by atoms with Crippen molar-refractivity contribution < 1.29 is 9.72 Å². The third-order valence-corrected chi connectivity index (χ3v) is 2.83. The van der Waals surface area contributed by atoms with E-state index in [0.29, 0.717) is 0 Å². The summed E-state index contributed by atoms with van der Waals surface area (Å²) in [6.45, 7) is 0. The Morgan fingerprint density at radius 3 is 2.65 bits per heavy atom. The van der Waals surface area contributed by atoms with Crippen LogP contribution in [0.25, 0.3) is 0 Å². The zero-order valence-corrected chi connectivity index (χ0v) is 11.4. The first-order chi connectivity index (χ1) is 9.47. The SMILES string of the molecule is O=C(Nc1cc(Cl)ccc1[N+](=O)[O-])c1ccnc(Cl)c1. The summed E-state index contributed by atoms with van der Waals surface area (Å²) in [5.74, 6) is -0.542. The van der Waals surface area contributed by atoms with Crippen LogP contribution in [0.1, 0.15) is 10.4 Å². The Morgan fingerprint density at radius 1 is 1.25 bits per heavy atom. The van der Waals surface area contributed by atoms with Gasteiger partial charge in [0.1, 0.15) is 10.8 Å². The molecular formula is C12H7Cl2N3O3. The molecule has 0 bridgehead atoms. The number of nitro groups is 1. The van der Waals surface area contributed by atoms with Crippen LogP contribution in [0, 0.1) is 10.1 Å². The largest absolute Gasteiger partial charge is 0.316 e. The van der Waals surface area contributed by atoms with Gasteiger partial charge in [0.25, 0.3) is 11.6 Å². The summed E-state index contributed by atoms with van der Waals surface area (Å²) >= 11 is 11.4. The number of carbonyl (C=O) groups excluding carboxylic acids is 1. The molecule has 1 heterocycles. The first-order valence-corrected chi connectivity index (χ1v) is 6.10. The molecule has 1 N–H and O–H groups in total. The fourth-order valence-corrected chi connectivity index (χ4v) is 1.85. The molecule has 1 amide bonds. The number of aromatic nitrogens is 1. The summed E-state index contributed by atoms with van der Waals surface area (Å²) in [6.07, 6.45) is 1.36. The molecule has 1 aromatic heterocycles. The van der Waals surface area contributed by atoms with Crippen LogP contribution in [-0.2, 0) is 0 Å². The van der Waals surface area contributed by atoms with Gasteiger partial charge in [-0.3, -0.25) is 14.9 Å². The molecule has 102 valence electrons. The Bertz CT molecular complexity index is 691. The minimum atomic E-state index is -0.606. The molecule has 20 heavy (non-hydrogen) atoms. The van der Waals surface area contributed by atoms with Gasteiger partial charge in [-0.05, 0) is 24.3 Å². The van der Waals surface area contributed by atoms with Crippen molar-refractivity contribution in [3.05, 3.63) is 62.4 Å². The lowest BCUT2D eigenvalue weighted by Gasteiger charge is -2.06. The van der Waals surface area contributed by atoms with Crippen LogP contribution >= 0.6 is 23.2 Å². The Balaban J connectivity index is 2.32. The number of anilines is 1. The average molecular weight is 312 g/mol. The maximum Gasteiger partial charge on any atom is 0.292 e. The van der Waals surface area contributed by atoms with E-state index in [4.69, 9.17) is 23.2 Å². The molecule has 8 heteroatoms. The second-order valence-electron chi connectivity index (χ2n) is 3.74. The maximum absolute atomic E-state index is 12.0. The number of amides is 1. The number of pyridine rings is 1. The number of hydrogen-bond acceptors (Lipinski definition) is 4. The number of benzene rings is 1. The van der Waals surface area contributed by atoms with Gasteiger partial charge >= 0.3 is 0 Å². The van der Waals surface area contributed by atoms with Gasteiger partial charge in [0.2, 0.25) is 0 Å². The van der Waals surface area contributed by atoms with Gasteiger partial charge in [-0.15, -0.1) is 0 Å². The fourth-order valence-electron chi connectivity index (χ4n) is 1.51. The standard InChI is InChI=1S/C12H7Cl2N3O3/c13-8-1-2-10(17(19)20)9(6-8)16-12(18)7-3-4-15-11(14)5-7/h1-6H,(H,16,18). The highest BCUT2D eigenvalue weighted by Crippen LogP contribution is 2.28. The molecule has 0 aliphatic heterocycles. The van der Waals surface area contributed by atoms with Crippen LogP contribution in [0.3, 0.4) is 0 Å². The van der Waals surface area contributed by atoms with Crippen LogP contribution < -0.4 is 5.32 Å². The third-order valence-electron chi connectivity index (χ3n) is 2.39. The van der Waals surface area contributed by atoms with Gasteiger partial charge < -0.3 is 5.32 Å². The Hall–Kier alpha value is -2.18. The predicted molar refractivity (Wildman–Crippen MR) is 75.3 cm³/mol. The van der Waals surface area contributed by atoms with Gasteiger partial charge in [0.05, 0.1) is 4.92 Å². The summed E-state index contributed by atoms with van der Waals surface area (Å²) in [6, 6.07) is 6.70. The van der Waals surface area contributed by atoms with Crippen molar-refractivity contribution in [1.82, 2.24) is 4.98 Å². The quantitative estimate of drug-likeness (QED) is 0.533. The van der Waals surface area contributed by atoms with Gasteiger partial charge in [-0.1, -0.05) is 23.2 Å². The van der Waals surface area contributed by atoms with E-state index in [1.165, 1.54) is 36.5 Å². The average Bonchev–Trinajstić information content (AvgIpc) is 2.38. The first-order valence-electron chi connectivity index (χ1n) is 5.34. The van der Waals surface area contributed by atoms with E-state index in [0.717, 1.165) is 0 Å². The van der Waals surface area contributed by atoms with Crippen molar-refractivity contribution in [2.75, 3.05) is 5.32 Å². The molecule has 0 aliphatic rings. The molecule has 0 aliphatic carbocycles. The van der Waals surface area contributed by atoms with Crippen LogP contribution in [-0.4, -0.2) is 15.8 Å². The molecule has 0 radical (unpaired) electrons. The minimum absolute atomic E-state index is 0.0143. The van der Waals surface area contributed by atoms with Crippen LogP contribution in [0.2, 0.25) is 10.2 Å². The number of nitro benzene ring substituents is 1. The van der Waals surface area contributed by atoms with Crippen molar-refractivity contribution >= 4 is 40.5 Å². The smallest absolute Gasteiger partial charge is 0.292 e. The highest BCUT2D eigenvalue weighted by atomic mass is 35.5. The zero-order chi connectivity index (χ0) is 14.7. The van der Waals surface area contributed by atoms with Crippen molar-refractivity contribution in [2.45, 2.75) is 0 Å². The third kappa shape index (κ3) is 3.23. The first kappa shape index (κ1) is 14.2. The van der Waals surface area contributed by atoms with Gasteiger partial charge in [-0.25, -0.2) is 4.98 Å². The molecule has 0 fully saturated rings. The van der Waals surface area contributed by atoms with E-state index in [9.17, 15) is 14.9 Å². The fraction of sp³-hybridized carbons (Fsp3) is 0. The lowest BCUT2D eigenvalue weighted by Crippen LogP contribution is -2.13. The Kier molecular flexibility index (Phi) is 4.16. The molecule has 0 spiro atoms. The molecule has 0 unspecified atom stereocenters. The summed E-state index contributed by atoms with van der Waals surface area (Å²) < 4.78 is 0. The minimum Gasteiger partial charge on any atom is -0.316 e. The van der Waals surface area contributed by atoms with Crippen LogP contribution in [0.15, 0.2) is 36.5 Å². The molecule has 0 atom stereocenters. The van der Waals surface area contributed by atoms with E-state index < -0.39 is 10.8 Å². The number of hydrogen-bond donors (Lipinski definition) is 1. The van der Waals surface area contributed by atoms with Crippen molar-refractivity contribution in [3.63, 3.8) is 0 Å². The van der Waals surface area contributed by atoms with E-state index in [1.807, 2.05) is 0 Å². The number of nitrogens with one attached hydrogen (secondary N) is 1. The Labute approximate surface area is 123 Å². The zero-order valence-electron chi connectivity index (χ0n) is 9.84. The van der Waals surface area contributed by atoms with Crippen molar-refractivity contribution in [3.8, 4) is 0 Å². The molecule has 1 aromatic carbocycles. The normalized spacial score (nSPS) is 10.1. The molecule has 0 saturated carbocycles. The van der Waals surface area contributed by atoms with E-state index >= 15 is 0 Å². The molecule has 0 saturated heterocycles. The van der Waals surface area contributed by atoms with Crippen molar-refractivity contribution in [1.29, 1.82) is 0 Å². The number of carbonyl (C=O) groups is 1. The summed E-state index contributed by atoms with van der Waals surface area (Å²) in [5, 5.41) is 13.7. The monoisotopic (exact) mass is 311 g/mol. The summed E-state index contributed by atoms with van der Waals surface area (Å²) in [7, 11) is 0. The van der Waals surface area contributed by atoms with E-state index in [1.54, 1.807) is 0 Å². The maximum atomic E-state index is 12.0. The highest BCUT2D eigenvalue weighted by Gasteiger charge is 2.17. The molecular weight excluding hydrogens is 305 g/mol. The second-order valence-corrected chi connectivity index (χ2v) is 4.56.